The summed E-state index contributed by atoms with van der Waals surface area (Å²) in [6, 6.07) is 2.22. The van der Waals surface area contributed by atoms with Gasteiger partial charge in [-0.1, -0.05) is 12.1 Å². The molecule has 0 unspecified atom stereocenters. The molecule has 2 rings (SSSR count). The number of benzene rings is 1. The van der Waals surface area contributed by atoms with Crippen LogP contribution in [-0.4, -0.2) is 55.0 Å². The van der Waals surface area contributed by atoms with Crippen LogP contribution in [0.1, 0.15) is 31.4 Å². The number of oxime groups is 1. The summed E-state index contributed by atoms with van der Waals surface area (Å²) in [7, 11) is 3.49. The van der Waals surface area contributed by atoms with Gasteiger partial charge in [0.05, 0.1) is 13.3 Å². The Bertz CT molecular complexity index is 651. The monoisotopic (exact) mass is 367 g/mol. The molecule has 1 aliphatic heterocycles. The molecule has 7 nitrogen and oxygen atoms in total. The van der Waals surface area contributed by atoms with Crippen molar-refractivity contribution in [2.75, 3.05) is 27.5 Å². The lowest BCUT2D eigenvalue weighted by molar-refractivity contribution is 0.171. The van der Waals surface area contributed by atoms with E-state index in [0.717, 1.165) is 12.0 Å². The number of fused-ring (bicyclic) bond motifs is 1. The van der Waals surface area contributed by atoms with E-state index in [1.54, 1.807) is 7.11 Å². The molecule has 0 spiro atoms. The van der Waals surface area contributed by atoms with Crippen molar-refractivity contribution in [2.45, 2.75) is 32.7 Å². The number of nitrogens with zero attached hydrogens (tertiary/aromatic N) is 2. The van der Waals surface area contributed by atoms with Gasteiger partial charge in [0.1, 0.15) is 0 Å². The Hall–Kier alpha value is -2.22. The molecule has 0 aromatic heterocycles. The first-order valence-corrected chi connectivity index (χ1v) is 8.61. The Morgan fingerprint density at radius 2 is 2.32 bits per heavy atom. The molecular weight excluding hydrogens is 342 g/mol. The first kappa shape index (κ1) is 19.1. The van der Waals surface area contributed by atoms with Crippen LogP contribution in [0, 0.1) is 0 Å². The fourth-order valence-corrected chi connectivity index (χ4v) is 2.79. The maximum atomic E-state index is 9.01. The number of thiocarbonyl (C=S) groups is 1. The lowest BCUT2D eigenvalue weighted by Gasteiger charge is -2.24. The first-order chi connectivity index (χ1) is 12.0. The van der Waals surface area contributed by atoms with E-state index in [1.165, 1.54) is 6.21 Å². The van der Waals surface area contributed by atoms with Gasteiger partial charge in [-0.15, -0.1) is 0 Å². The Morgan fingerprint density at radius 3 is 2.96 bits per heavy atom. The zero-order chi connectivity index (χ0) is 18.4. The van der Waals surface area contributed by atoms with Gasteiger partial charge in [0, 0.05) is 25.2 Å². The van der Waals surface area contributed by atoms with Gasteiger partial charge < -0.3 is 29.6 Å². The van der Waals surface area contributed by atoms with Crippen LogP contribution in [0.25, 0.3) is 0 Å². The fourth-order valence-electron chi connectivity index (χ4n) is 2.50. The van der Waals surface area contributed by atoms with Crippen molar-refractivity contribution in [2.24, 2.45) is 5.16 Å². The van der Waals surface area contributed by atoms with Crippen molar-refractivity contribution in [3.8, 4) is 17.2 Å². The van der Waals surface area contributed by atoms with Crippen LogP contribution in [0.5, 0.6) is 17.2 Å². The second-order valence-corrected chi connectivity index (χ2v) is 6.28. The summed E-state index contributed by atoms with van der Waals surface area (Å²) in [6.07, 6.45) is 3.03. The molecule has 1 aromatic rings. The molecule has 0 saturated carbocycles. The van der Waals surface area contributed by atoms with Crippen molar-refractivity contribution in [3.63, 3.8) is 0 Å². The van der Waals surface area contributed by atoms with Crippen LogP contribution in [0.4, 0.5) is 0 Å². The van der Waals surface area contributed by atoms with Gasteiger partial charge in [-0.2, -0.15) is 0 Å². The van der Waals surface area contributed by atoms with Crippen LogP contribution in [-0.2, 0) is 6.42 Å². The van der Waals surface area contributed by atoms with Crippen molar-refractivity contribution in [1.29, 1.82) is 0 Å². The molecule has 0 aliphatic carbocycles. The van der Waals surface area contributed by atoms with Crippen LogP contribution in [0.3, 0.4) is 0 Å². The molecule has 0 saturated heterocycles. The van der Waals surface area contributed by atoms with Gasteiger partial charge in [0.2, 0.25) is 12.5 Å². The summed E-state index contributed by atoms with van der Waals surface area (Å²) < 4.78 is 16.4. The summed E-state index contributed by atoms with van der Waals surface area (Å²) >= 11 is 5.43. The molecule has 8 heteroatoms. The smallest absolute Gasteiger partial charge is 0.231 e. The highest BCUT2D eigenvalue weighted by Crippen LogP contribution is 2.44. The second-order valence-electron chi connectivity index (χ2n) is 5.89. The van der Waals surface area contributed by atoms with Crippen LogP contribution >= 0.6 is 12.2 Å². The van der Waals surface area contributed by atoms with Gasteiger partial charge in [-0.3, -0.25) is 0 Å². The predicted molar refractivity (Wildman–Crippen MR) is 100 cm³/mol. The molecule has 0 radical (unpaired) electrons. The number of ether oxygens (including phenoxy) is 3. The number of methoxy groups -OCH3 is 1. The van der Waals surface area contributed by atoms with E-state index in [2.05, 4.69) is 24.3 Å². The Balaban J connectivity index is 2.17. The van der Waals surface area contributed by atoms with Crippen LogP contribution in [0.15, 0.2) is 11.2 Å². The molecule has 1 aromatic carbocycles. The number of nitrogens with one attached hydrogen (secondary N) is 1. The van der Waals surface area contributed by atoms with Gasteiger partial charge in [-0.05, 0) is 43.6 Å². The van der Waals surface area contributed by atoms with E-state index in [1.807, 2.05) is 18.0 Å². The lowest BCUT2D eigenvalue weighted by Crippen LogP contribution is -2.42. The highest BCUT2D eigenvalue weighted by atomic mass is 32.1. The normalized spacial score (nSPS) is 13.8. The zero-order valence-electron chi connectivity index (χ0n) is 15.0. The number of rotatable bonds is 7. The van der Waals surface area contributed by atoms with E-state index in [4.69, 9.17) is 31.6 Å². The number of hydrogen-bond donors (Lipinski definition) is 2. The average molecular weight is 367 g/mol. The Kier molecular flexibility index (Phi) is 6.69. The predicted octanol–water partition coefficient (Wildman–Crippen LogP) is 2.38. The topological polar surface area (TPSA) is 75.6 Å². The minimum Gasteiger partial charge on any atom is -0.492 e. The van der Waals surface area contributed by atoms with Crippen molar-refractivity contribution < 1.29 is 19.4 Å². The van der Waals surface area contributed by atoms with Gasteiger partial charge in [-0.25, -0.2) is 0 Å². The summed E-state index contributed by atoms with van der Waals surface area (Å²) in [4.78, 5) is 1.98. The maximum absolute atomic E-state index is 9.01. The second kappa shape index (κ2) is 8.75. The molecule has 0 bridgehead atoms. The number of hydrogen-bond acceptors (Lipinski definition) is 6. The van der Waals surface area contributed by atoms with Crippen molar-refractivity contribution in [3.05, 3.63) is 17.2 Å². The molecular formula is C17H25N3O4S. The molecule has 0 fully saturated rings. The SMILES string of the molecule is CC[C@H](C)NC(=S)N(C)CCc1cc2c(c(OC)c1/C=N\O)OCO2. The van der Waals surface area contributed by atoms with E-state index < -0.39 is 0 Å². The first-order valence-electron chi connectivity index (χ1n) is 8.20. The van der Waals surface area contributed by atoms with Gasteiger partial charge in [0.15, 0.2) is 16.6 Å². The Morgan fingerprint density at radius 1 is 1.56 bits per heavy atom. The zero-order valence-corrected chi connectivity index (χ0v) is 15.9. The molecule has 138 valence electrons. The third-order valence-corrected chi connectivity index (χ3v) is 4.61. The molecule has 25 heavy (non-hydrogen) atoms. The third kappa shape index (κ3) is 4.45. The van der Waals surface area contributed by atoms with Gasteiger partial charge >= 0.3 is 0 Å². The minimum atomic E-state index is 0.146. The fraction of sp³-hybridized carbons (Fsp3) is 0.529. The Labute approximate surface area is 153 Å². The standard InChI is InChI=1S/C17H25N3O4S/c1-5-11(2)19-17(25)20(3)7-6-12-8-14-16(24-10-23-14)15(22-4)13(12)9-18-21/h8-9,11,21H,5-7,10H2,1-4H3,(H,19,25)/b18-9-/t11-/m0/s1. The molecule has 1 heterocycles. The van der Waals surface area contributed by atoms with E-state index >= 15 is 0 Å². The molecule has 1 aliphatic rings. The third-order valence-electron chi connectivity index (χ3n) is 4.18. The summed E-state index contributed by atoms with van der Waals surface area (Å²) in [6.45, 7) is 5.04. The average Bonchev–Trinajstić information content (AvgIpc) is 3.07. The summed E-state index contributed by atoms with van der Waals surface area (Å²) in [5.41, 5.74) is 1.60. The highest BCUT2D eigenvalue weighted by molar-refractivity contribution is 7.80. The van der Waals surface area contributed by atoms with Crippen molar-refractivity contribution >= 4 is 23.5 Å². The van der Waals surface area contributed by atoms with E-state index in [-0.39, 0.29) is 6.79 Å². The number of likely N-dealkylation sites (N-methyl/N-ethyl adjacent to an activating group) is 1. The highest BCUT2D eigenvalue weighted by Gasteiger charge is 2.24. The van der Waals surface area contributed by atoms with Crippen LogP contribution in [0.2, 0.25) is 0 Å². The maximum Gasteiger partial charge on any atom is 0.231 e. The summed E-state index contributed by atoms with van der Waals surface area (Å²) in [5, 5.41) is 16.2. The summed E-state index contributed by atoms with van der Waals surface area (Å²) in [5.74, 6) is 1.67. The van der Waals surface area contributed by atoms with Gasteiger partial charge in [0.25, 0.3) is 0 Å². The van der Waals surface area contributed by atoms with Crippen LogP contribution < -0.4 is 19.5 Å². The van der Waals surface area contributed by atoms with Crippen molar-refractivity contribution in [1.82, 2.24) is 10.2 Å². The van der Waals surface area contributed by atoms with E-state index in [0.29, 0.717) is 46.9 Å². The lowest BCUT2D eigenvalue weighted by atomic mass is 10.0. The molecule has 0 amide bonds. The van der Waals surface area contributed by atoms with E-state index in [9.17, 15) is 0 Å². The largest absolute Gasteiger partial charge is 0.492 e. The quantitative estimate of drug-likeness (QED) is 0.332. The minimum absolute atomic E-state index is 0.146. The molecule has 1 atom stereocenters. The molecule has 2 N–H and O–H groups in total.